The minimum Gasteiger partial charge on any atom is -0.322 e. The van der Waals surface area contributed by atoms with Gasteiger partial charge in [-0.15, -0.1) is 0 Å². The number of aromatic nitrogens is 3. The van der Waals surface area contributed by atoms with E-state index in [0.717, 1.165) is 16.7 Å². The van der Waals surface area contributed by atoms with Crippen LogP contribution in [-0.2, 0) is 19.3 Å². The van der Waals surface area contributed by atoms with E-state index in [1.807, 2.05) is 0 Å². The van der Waals surface area contributed by atoms with Crippen LogP contribution in [0.1, 0.15) is 22.7 Å². The summed E-state index contributed by atoms with van der Waals surface area (Å²) in [6, 6.07) is 16.5. The number of hydrogen-bond donors (Lipinski definition) is 1. The predicted octanol–water partition coefficient (Wildman–Crippen LogP) is 4.63. The summed E-state index contributed by atoms with van der Waals surface area (Å²) in [4.78, 5) is 26.6. The molecule has 1 aromatic heterocycles. The van der Waals surface area contributed by atoms with Crippen molar-refractivity contribution in [1.29, 1.82) is 0 Å². The zero-order chi connectivity index (χ0) is 26.0. The van der Waals surface area contributed by atoms with Gasteiger partial charge in [0.25, 0.3) is 5.56 Å². The van der Waals surface area contributed by atoms with Gasteiger partial charge in [0.15, 0.2) is 5.69 Å². The van der Waals surface area contributed by atoms with Gasteiger partial charge in [0.1, 0.15) is 5.82 Å². The van der Waals surface area contributed by atoms with Crippen molar-refractivity contribution in [2.45, 2.75) is 25.3 Å². The van der Waals surface area contributed by atoms with Gasteiger partial charge < -0.3 is 5.73 Å². The van der Waals surface area contributed by atoms with Gasteiger partial charge in [-0.2, -0.15) is 18.3 Å². The fraction of sp³-hybridized carbons (Fsp3) is 0.160. The lowest BCUT2D eigenvalue weighted by molar-refractivity contribution is -0.138. The van der Waals surface area contributed by atoms with Crippen LogP contribution in [0, 0.1) is 5.82 Å². The molecule has 0 aliphatic heterocycles. The van der Waals surface area contributed by atoms with Crippen LogP contribution in [-0.4, -0.2) is 14.3 Å². The van der Waals surface area contributed by atoms with Crippen LogP contribution in [0.3, 0.4) is 0 Å². The van der Waals surface area contributed by atoms with E-state index < -0.39 is 47.0 Å². The van der Waals surface area contributed by atoms with E-state index >= 15 is 0 Å². The molecule has 0 saturated heterocycles. The molecule has 1 heterocycles. The van der Waals surface area contributed by atoms with Gasteiger partial charge in [0, 0.05) is 17.2 Å². The molecule has 0 spiro atoms. The van der Waals surface area contributed by atoms with Crippen molar-refractivity contribution in [3.05, 3.63) is 121 Å². The first-order valence-corrected chi connectivity index (χ1v) is 11.1. The number of alkyl halides is 3. The molecule has 4 rings (SSSR count). The smallest absolute Gasteiger partial charge is 0.322 e. The zero-order valence-electron chi connectivity index (χ0n) is 18.5. The van der Waals surface area contributed by atoms with Crippen LogP contribution in [0.5, 0.6) is 0 Å². The Balaban J connectivity index is 1.91. The van der Waals surface area contributed by atoms with E-state index in [4.69, 9.17) is 17.3 Å². The van der Waals surface area contributed by atoms with Gasteiger partial charge in [-0.25, -0.2) is 13.9 Å². The largest absolute Gasteiger partial charge is 0.416 e. The summed E-state index contributed by atoms with van der Waals surface area (Å²) in [6.45, 7) is -1.18. The minimum atomic E-state index is -4.88. The van der Waals surface area contributed by atoms with Gasteiger partial charge in [-0.3, -0.25) is 9.36 Å². The van der Waals surface area contributed by atoms with Crippen LogP contribution in [0.15, 0.2) is 82.4 Å². The second kappa shape index (κ2) is 10.1. The van der Waals surface area contributed by atoms with Crippen molar-refractivity contribution < 1.29 is 17.6 Å². The highest BCUT2D eigenvalue weighted by Crippen LogP contribution is 2.33. The topological polar surface area (TPSA) is 82.9 Å². The quantitative estimate of drug-likeness (QED) is 0.377. The third-order valence-electron chi connectivity index (χ3n) is 5.59. The monoisotopic (exact) mass is 518 g/mol. The molecule has 186 valence electrons. The highest BCUT2D eigenvalue weighted by Gasteiger charge is 2.35. The Morgan fingerprint density at radius 3 is 2.28 bits per heavy atom. The first-order chi connectivity index (χ1) is 17.1. The molecule has 0 fully saturated rings. The average Bonchev–Trinajstić information content (AvgIpc) is 2.85. The maximum Gasteiger partial charge on any atom is 0.416 e. The van der Waals surface area contributed by atoms with E-state index in [0.29, 0.717) is 16.3 Å². The summed E-state index contributed by atoms with van der Waals surface area (Å²) >= 11 is 6.24. The molecule has 1 unspecified atom stereocenters. The van der Waals surface area contributed by atoms with Gasteiger partial charge in [0.2, 0.25) is 0 Å². The third kappa shape index (κ3) is 5.09. The van der Waals surface area contributed by atoms with Crippen molar-refractivity contribution >= 4 is 11.6 Å². The van der Waals surface area contributed by atoms with Crippen LogP contribution < -0.4 is 17.0 Å². The lowest BCUT2D eigenvalue weighted by atomic mass is 10.1. The molecule has 0 saturated carbocycles. The number of halogens is 5. The van der Waals surface area contributed by atoms with E-state index in [2.05, 4.69) is 5.10 Å². The predicted molar refractivity (Wildman–Crippen MR) is 127 cm³/mol. The van der Waals surface area contributed by atoms with Crippen LogP contribution in [0.2, 0.25) is 5.02 Å². The van der Waals surface area contributed by atoms with Crippen LogP contribution in [0.25, 0.3) is 11.3 Å². The van der Waals surface area contributed by atoms with Gasteiger partial charge in [0.05, 0.1) is 23.7 Å². The van der Waals surface area contributed by atoms with Crippen molar-refractivity contribution in [3.63, 3.8) is 0 Å². The number of hydrogen-bond acceptors (Lipinski definition) is 4. The van der Waals surface area contributed by atoms with E-state index in [-0.39, 0.29) is 22.8 Å². The summed E-state index contributed by atoms with van der Waals surface area (Å²) in [5.41, 5.74) is 2.80. The van der Waals surface area contributed by atoms with Crippen molar-refractivity contribution in [1.82, 2.24) is 14.3 Å². The summed E-state index contributed by atoms with van der Waals surface area (Å²) in [6.07, 6.45) is -4.88. The maximum atomic E-state index is 14.5. The molecule has 4 aromatic rings. The Labute approximate surface area is 207 Å². The first kappa shape index (κ1) is 25.3. The molecule has 2 N–H and O–H groups in total. The van der Waals surface area contributed by atoms with Crippen LogP contribution in [0.4, 0.5) is 17.6 Å². The van der Waals surface area contributed by atoms with Gasteiger partial charge >= 0.3 is 11.9 Å². The Bertz CT molecular complexity index is 1520. The fourth-order valence-corrected chi connectivity index (χ4v) is 4.01. The molecule has 0 bridgehead atoms. The lowest BCUT2D eigenvalue weighted by Crippen LogP contribution is -2.44. The molecule has 1 atom stereocenters. The van der Waals surface area contributed by atoms with Crippen molar-refractivity contribution in [3.8, 4) is 11.3 Å². The summed E-state index contributed by atoms with van der Waals surface area (Å²) in [5.74, 6) is -1.17. The second-order valence-electron chi connectivity index (χ2n) is 7.97. The standard InChI is InChI=1S/C25H19ClF4N4O2/c26-19-11-5-4-9-16(19)22-23(35)33(14-21(31)15-7-2-1-3-8-15)24(36)34(32-22)13-17-18(25(28,29)30)10-6-12-20(17)27/h1-12,21H,13-14,31H2. The normalized spacial score (nSPS) is 12.5. The molecule has 0 amide bonds. The number of nitrogens with two attached hydrogens (primary N) is 1. The van der Waals surface area contributed by atoms with Crippen molar-refractivity contribution in [2.24, 2.45) is 5.73 Å². The zero-order valence-corrected chi connectivity index (χ0v) is 19.3. The molecular formula is C25H19ClF4N4O2. The SMILES string of the molecule is NC(Cn1c(=O)c(-c2ccccc2Cl)nn(Cc2c(F)cccc2C(F)(F)F)c1=O)c1ccccc1. The summed E-state index contributed by atoms with van der Waals surface area (Å²) < 4.78 is 56.6. The van der Waals surface area contributed by atoms with E-state index in [1.54, 1.807) is 42.5 Å². The molecular weight excluding hydrogens is 500 g/mol. The number of rotatable bonds is 6. The van der Waals surface area contributed by atoms with Crippen LogP contribution >= 0.6 is 11.6 Å². The molecule has 6 nitrogen and oxygen atoms in total. The molecule has 0 aliphatic carbocycles. The molecule has 3 aromatic carbocycles. The summed E-state index contributed by atoms with van der Waals surface area (Å²) in [7, 11) is 0. The Morgan fingerprint density at radius 1 is 0.944 bits per heavy atom. The fourth-order valence-electron chi connectivity index (χ4n) is 3.78. The van der Waals surface area contributed by atoms with Crippen molar-refractivity contribution in [2.75, 3.05) is 0 Å². The summed E-state index contributed by atoms with van der Waals surface area (Å²) in [5, 5.41) is 4.15. The van der Waals surface area contributed by atoms with Gasteiger partial charge in [-0.05, 0) is 23.8 Å². The minimum absolute atomic E-state index is 0.132. The number of benzene rings is 3. The third-order valence-corrected chi connectivity index (χ3v) is 5.92. The Hall–Kier alpha value is -3.76. The Morgan fingerprint density at radius 2 is 1.61 bits per heavy atom. The highest BCUT2D eigenvalue weighted by molar-refractivity contribution is 6.33. The number of nitrogens with zero attached hydrogens (tertiary/aromatic N) is 3. The molecule has 0 radical (unpaired) electrons. The molecule has 0 aliphatic rings. The lowest BCUT2D eigenvalue weighted by Gasteiger charge is -2.18. The Kier molecular flexibility index (Phi) is 7.09. The first-order valence-electron chi connectivity index (χ1n) is 10.7. The average molecular weight is 519 g/mol. The second-order valence-corrected chi connectivity index (χ2v) is 8.37. The maximum absolute atomic E-state index is 14.5. The highest BCUT2D eigenvalue weighted by atomic mass is 35.5. The van der Waals surface area contributed by atoms with E-state index in [9.17, 15) is 27.2 Å². The molecule has 36 heavy (non-hydrogen) atoms. The van der Waals surface area contributed by atoms with E-state index in [1.165, 1.54) is 12.1 Å². The molecule has 11 heteroatoms. The van der Waals surface area contributed by atoms with Gasteiger partial charge in [-0.1, -0.05) is 66.2 Å².